The topological polar surface area (TPSA) is 35.6 Å². The summed E-state index contributed by atoms with van der Waals surface area (Å²) in [5.41, 5.74) is 0.669. The zero-order chi connectivity index (χ0) is 18.5. The Kier molecular flexibility index (Phi) is 6.65. The number of nitrogens with one attached hydrogen (secondary N) is 1. The Bertz CT molecular complexity index is 601. The fourth-order valence-corrected chi connectivity index (χ4v) is 4.12. The van der Waals surface area contributed by atoms with Gasteiger partial charge in [0.05, 0.1) is 6.04 Å². The lowest BCUT2D eigenvalue weighted by Crippen LogP contribution is -2.49. The van der Waals surface area contributed by atoms with Gasteiger partial charge in [0.15, 0.2) is 0 Å². The summed E-state index contributed by atoms with van der Waals surface area (Å²) in [5, 5.41) is 3.15. The predicted octanol–water partition coefficient (Wildman–Crippen LogP) is 3.03. The summed E-state index contributed by atoms with van der Waals surface area (Å²) in [6, 6.07) is 7.08. The van der Waals surface area contributed by atoms with E-state index in [0.717, 1.165) is 38.4 Å². The van der Waals surface area contributed by atoms with Gasteiger partial charge in [-0.1, -0.05) is 25.1 Å². The van der Waals surface area contributed by atoms with Gasteiger partial charge in [-0.25, -0.2) is 4.39 Å². The Balaban J connectivity index is 1.49. The SMILES string of the molecule is CC1CCN(C(C)CNC(=O)C2CCCN2Cc2ccccc2F)CC1. The van der Waals surface area contributed by atoms with Gasteiger partial charge in [-0.2, -0.15) is 0 Å². The van der Waals surface area contributed by atoms with Crippen LogP contribution in [0.15, 0.2) is 24.3 Å². The molecule has 5 heteroatoms. The molecule has 0 spiro atoms. The van der Waals surface area contributed by atoms with Crippen molar-refractivity contribution in [3.8, 4) is 0 Å². The fourth-order valence-electron chi connectivity index (χ4n) is 4.12. The van der Waals surface area contributed by atoms with Gasteiger partial charge >= 0.3 is 0 Å². The first-order chi connectivity index (χ1) is 12.5. The van der Waals surface area contributed by atoms with Crippen molar-refractivity contribution in [3.05, 3.63) is 35.6 Å². The molecule has 3 rings (SSSR count). The van der Waals surface area contributed by atoms with E-state index in [4.69, 9.17) is 0 Å². The number of piperidine rings is 1. The second kappa shape index (κ2) is 8.96. The summed E-state index contributed by atoms with van der Waals surface area (Å²) in [6.45, 7) is 8.81. The number of halogens is 1. The highest BCUT2D eigenvalue weighted by Crippen LogP contribution is 2.22. The van der Waals surface area contributed by atoms with E-state index < -0.39 is 0 Å². The Morgan fingerprint density at radius 3 is 2.69 bits per heavy atom. The number of nitrogens with zero attached hydrogens (tertiary/aromatic N) is 2. The van der Waals surface area contributed by atoms with Gasteiger partial charge < -0.3 is 5.32 Å². The van der Waals surface area contributed by atoms with Crippen molar-refractivity contribution >= 4 is 5.91 Å². The lowest BCUT2D eigenvalue weighted by atomic mass is 9.98. The second-order valence-corrected chi connectivity index (χ2v) is 8.03. The first-order valence-corrected chi connectivity index (χ1v) is 10.0. The summed E-state index contributed by atoms with van der Waals surface area (Å²) >= 11 is 0. The number of hydrogen-bond acceptors (Lipinski definition) is 3. The maximum atomic E-state index is 13.9. The van der Waals surface area contributed by atoms with Crippen LogP contribution in [-0.2, 0) is 11.3 Å². The van der Waals surface area contributed by atoms with E-state index in [9.17, 15) is 9.18 Å². The Labute approximate surface area is 156 Å². The van der Waals surface area contributed by atoms with Crippen molar-refractivity contribution in [1.29, 1.82) is 0 Å². The molecule has 0 saturated carbocycles. The third kappa shape index (κ3) is 4.83. The van der Waals surface area contributed by atoms with Crippen LogP contribution in [0.5, 0.6) is 0 Å². The molecule has 2 aliphatic rings. The monoisotopic (exact) mass is 361 g/mol. The zero-order valence-corrected chi connectivity index (χ0v) is 16.1. The molecule has 2 heterocycles. The minimum Gasteiger partial charge on any atom is -0.353 e. The maximum Gasteiger partial charge on any atom is 0.237 e. The molecule has 2 unspecified atom stereocenters. The molecule has 0 radical (unpaired) electrons. The third-order valence-electron chi connectivity index (χ3n) is 6.01. The molecule has 2 fully saturated rings. The molecule has 2 atom stereocenters. The molecular formula is C21H32FN3O. The Hall–Kier alpha value is -1.46. The number of carbonyl (C=O) groups excluding carboxylic acids is 1. The van der Waals surface area contributed by atoms with Crippen molar-refractivity contribution in [2.45, 2.75) is 58.2 Å². The molecule has 2 saturated heterocycles. The summed E-state index contributed by atoms with van der Waals surface area (Å²) < 4.78 is 13.9. The lowest BCUT2D eigenvalue weighted by molar-refractivity contribution is -0.125. The van der Waals surface area contributed by atoms with E-state index in [1.54, 1.807) is 6.07 Å². The molecule has 4 nitrogen and oxygen atoms in total. The van der Waals surface area contributed by atoms with Crippen molar-refractivity contribution in [2.24, 2.45) is 5.92 Å². The van der Waals surface area contributed by atoms with E-state index in [1.807, 2.05) is 12.1 Å². The minimum atomic E-state index is -0.188. The van der Waals surface area contributed by atoms with Gasteiger partial charge in [-0.15, -0.1) is 0 Å². The lowest BCUT2D eigenvalue weighted by Gasteiger charge is -2.35. The number of carbonyl (C=O) groups is 1. The predicted molar refractivity (Wildman–Crippen MR) is 102 cm³/mol. The van der Waals surface area contributed by atoms with E-state index in [-0.39, 0.29) is 17.8 Å². The molecular weight excluding hydrogens is 329 g/mol. The molecule has 1 amide bonds. The number of likely N-dealkylation sites (tertiary alicyclic amines) is 2. The van der Waals surface area contributed by atoms with Crippen LogP contribution in [0.1, 0.15) is 45.1 Å². The maximum absolute atomic E-state index is 13.9. The molecule has 0 bridgehead atoms. The van der Waals surface area contributed by atoms with Crippen LogP contribution >= 0.6 is 0 Å². The number of hydrogen-bond donors (Lipinski definition) is 1. The summed E-state index contributed by atoms with van der Waals surface area (Å²) in [4.78, 5) is 17.3. The van der Waals surface area contributed by atoms with Crippen LogP contribution in [0.3, 0.4) is 0 Å². The van der Waals surface area contributed by atoms with Crippen LogP contribution in [0.2, 0.25) is 0 Å². The summed E-state index contributed by atoms with van der Waals surface area (Å²) in [6.07, 6.45) is 4.34. The van der Waals surface area contributed by atoms with E-state index >= 15 is 0 Å². The van der Waals surface area contributed by atoms with Gasteiger partial charge in [0.1, 0.15) is 5.82 Å². The van der Waals surface area contributed by atoms with Gasteiger partial charge in [-0.05, 0) is 64.2 Å². The number of rotatable bonds is 6. The zero-order valence-electron chi connectivity index (χ0n) is 16.1. The number of amides is 1. The van der Waals surface area contributed by atoms with E-state index in [1.165, 1.54) is 18.9 Å². The van der Waals surface area contributed by atoms with Crippen LogP contribution in [0.4, 0.5) is 4.39 Å². The van der Waals surface area contributed by atoms with Gasteiger partial charge in [0.2, 0.25) is 5.91 Å². The van der Waals surface area contributed by atoms with Crippen molar-refractivity contribution < 1.29 is 9.18 Å². The average Bonchev–Trinajstić information content (AvgIpc) is 3.10. The van der Waals surface area contributed by atoms with Gasteiger partial charge in [-0.3, -0.25) is 14.6 Å². The molecule has 144 valence electrons. The standard InChI is InChI=1S/C21H32FN3O/c1-16-9-12-24(13-10-16)17(2)14-23-21(26)20-8-5-11-25(20)15-18-6-3-4-7-19(18)22/h3-4,6-7,16-17,20H,5,8-15H2,1-2H3,(H,23,26). The highest BCUT2D eigenvalue weighted by atomic mass is 19.1. The minimum absolute atomic E-state index is 0.0936. The van der Waals surface area contributed by atoms with E-state index in [0.29, 0.717) is 24.7 Å². The van der Waals surface area contributed by atoms with Gasteiger partial charge in [0, 0.05) is 24.7 Å². The Morgan fingerprint density at radius 1 is 1.23 bits per heavy atom. The van der Waals surface area contributed by atoms with Gasteiger partial charge in [0.25, 0.3) is 0 Å². The van der Waals surface area contributed by atoms with Crippen LogP contribution in [-0.4, -0.2) is 54.0 Å². The first kappa shape index (κ1) is 19.3. The largest absolute Gasteiger partial charge is 0.353 e. The molecule has 1 N–H and O–H groups in total. The molecule has 2 aliphatic heterocycles. The molecule has 1 aromatic carbocycles. The van der Waals surface area contributed by atoms with E-state index in [2.05, 4.69) is 29.0 Å². The highest BCUT2D eigenvalue weighted by Gasteiger charge is 2.31. The normalized spacial score (nSPS) is 23.9. The smallest absolute Gasteiger partial charge is 0.237 e. The molecule has 0 aromatic heterocycles. The van der Waals surface area contributed by atoms with Crippen molar-refractivity contribution in [2.75, 3.05) is 26.2 Å². The molecule has 1 aromatic rings. The second-order valence-electron chi connectivity index (χ2n) is 8.03. The van der Waals surface area contributed by atoms with Crippen LogP contribution in [0, 0.1) is 11.7 Å². The molecule has 26 heavy (non-hydrogen) atoms. The molecule has 0 aliphatic carbocycles. The Morgan fingerprint density at radius 2 is 1.96 bits per heavy atom. The first-order valence-electron chi connectivity index (χ1n) is 10.0. The highest BCUT2D eigenvalue weighted by molar-refractivity contribution is 5.82. The van der Waals surface area contributed by atoms with Crippen LogP contribution in [0.25, 0.3) is 0 Å². The third-order valence-corrected chi connectivity index (χ3v) is 6.01. The summed E-state index contributed by atoms with van der Waals surface area (Å²) in [5.74, 6) is 0.723. The van der Waals surface area contributed by atoms with Crippen LogP contribution < -0.4 is 5.32 Å². The summed E-state index contributed by atoms with van der Waals surface area (Å²) in [7, 11) is 0. The number of benzene rings is 1. The van der Waals surface area contributed by atoms with Crippen molar-refractivity contribution in [3.63, 3.8) is 0 Å². The average molecular weight is 362 g/mol. The van der Waals surface area contributed by atoms with Crippen molar-refractivity contribution in [1.82, 2.24) is 15.1 Å². The fraction of sp³-hybridized carbons (Fsp3) is 0.667. The quantitative estimate of drug-likeness (QED) is 0.846.